The third kappa shape index (κ3) is 3.52. The predicted molar refractivity (Wildman–Crippen MR) is 99.5 cm³/mol. The van der Waals surface area contributed by atoms with Crippen LogP contribution in [0.5, 0.6) is 11.5 Å². The van der Waals surface area contributed by atoms with Gasteiger partial charge in [0, 0.05) is 5.56 Å². The van der Waals surface area contributed by atoms with Crippen LogP contribution in [0.3, 0.4) is 0 Å². The fourth-order valence-electron chi connectivity index (χ4n) is 2.67. The summed E-state index contributed by atoms with van der Waals surface area (Å²) in [6, 6.07) is 10.7. The maximum atomic E-state index is 12.8. The number of rotatable bonds is 4. The Balaban J connectivity index is 2.02. The number of phenols is 1. The van der Waals surface area contributed by atoms with Crippen LogP contribution in [0.1, 0.15) is 18.1 Å². The highest BCUT2D eigenvalue weighted by molar-refractivity contribution is 6.39. The summed E-state index contributed by atoms with van der Waals surface area (Å²) in [7, 11) is 0. The third-order valence-corrected chi connectivity index (χ3v) is 4.02. The van der Waals surface area contributed by atoms with Gasteiger partial charge < -0.3 is 9.84 Å². The van der Waals surface area contributed by atoms with Gasteiger partial charge in [-0.05, 0) is 38.1 Å². The quantitative estimate of drug-likeness (QED) is 0.641. The maximum absolute atomic E-state index is 12.8. The highest BCUT2D eigenvalue weighted by atomic mass is 16.5. The zero-order valence-electron chi connectivity index (χ0n) is 14.9. The Morgan fingerprint density at radius 3 is 2.48 bits per heavy atom. The standard InChI is InChI=1S/C20H18N2O5/c1-3-27-16-6-4-5-13(17(16)23)11-15-18(24)21-20(26)22(19(15)25)14-9-7-12(2)8-10-14/h4-11,23H,3H2,1-2H3,(H,21,24,26)/b15-11+. The molecule has 0 radical (unpaired) electrons. The van der Waals surface area contributed by atoms with Gasteiger partial charge in [0.25, 0.3) is 11.8 Å². The number of carbonyl (C=O) groups excluding carboxylic acids is 3. The summed E-state index contributed by atoms with van der Waals surface area (Å²) in [5.74, 6) is -1.54. The van der Waals surface area contributed by atoms with Crippen molar-refractivity contribution in [1.82, 2.24) is 5.32 Å². The molecule has 2 aromatic carbocycles. The Morgan fingerprint density at radius 2 is 1.81 bits per heavy atom. The molecule has 1 aliphatic heterocycles. The number of urea groups is 1. The average Bonchev–Trinajstić information content (AvgIpc) is 2.63. The van der Waals surface area contributed by atoms with Gasteiger partial charge in [-0.25, -0.2) is 9.69 Å². The molecule has 4 amide bonds. The minimum atomic E-state index is -0.824. The fourth-order valence-corrected chi connectivity index (χ4v) is 2.67. The van der Waals surface area contributed by atoms with E-state index >= 15 is 0 Å². The molecule has 2 aromatic rings. The average molecular weight is 366 g/mol. The van der Waals surface area contributed by atoms with Gasteiger partial charge in [0.15, 0.2) is 11.5 Å². The first-order chi connectivity index (χ1) is 12.9. The number of ether oxygens (including phenoxy) is 1. The summed E-state index contributed by atoms with van der Waals surface area (Å²) in [4.78, 5) is 38.1. The summed E-state index contributed by atoms with van der Waals surface area (Å²) in [5.41, 5.74) is 1.28. The number of imide groups is 2. The van der Waals surface area contributed by atoms with Crippen molar-refractivity contribution in [3.8, 4) is 11.5 Å². The second kappa shape index (κ2) is 7.33. The molecule has 0 bridgehead atoms. The molecule has 27 heavy (non-hydrogen) atoms. The molecule has 7 heteroatoms. The summed E-state index contributed by atoms with van der Waals surface area (Å²) >= 11 is 0. The van der Waals surface area contributed by atoms with E-state index in [0.717, 1.165) is 10.5 Å². The maximum Gasteiger partial charge on any atom is 0.335 e. The number of aryl methyl sites for hydroxylation is 1. The summed E-state index contributed by atoms with van der Waals surface area (Å²) in [5, 5.41) is 12.4. The largest absolute Gasteiger partial charge is 0.504 e. The Morgan fingerprint density at radius 1 is 1.11 bits per heavy atom. The van der Waals surface area contributed by atoms with E-state index in [4.69, 9.17) is 4.74 Å². The SMILES string of the molecule is CCOc1cccc(/C=C2\C(=O)NC(=O)N(c3ccc(C)cc3)C2=O)c1O. The first-order valence-electron chi connectivity index (χ1n) is 8.35. The number of carbonyl (C=O) groups is 3. The van der Waals surface area contributed by atoms with Crippen molar-refractivity contribution >= 4 is 29.6 Å². The van der Waals surface area contributed by atoms with Crippen LogP contribution in [0.15, 0.2) is 48.0 Å². The van der Waals surface area contributed by atoms with E-state index in [1.165, 1.54) is 12.1 Å². The van der Waals surface area contributed by atoms with Crippen LogP contribution < -0.4 is 15.0 Å². The lowest BCUT2D eigenvalue weighted by atomic mass is 10.1. The molecule has 7 nitrogen and oxygen atoms in total. The van der Waals surface area contributed by atoms with Crippen molar-refractivity contribution in [2.75, 3.05) is 11.5 Å². The topological polar surface area (TPSA) is 95.9 Å². The van der Waals surface area contributed by atoms with Gasteiger partial charge in [0.05, 0.1) is 12.3 Å². The molecule has 1 fully saturated rings. The molecule has 2 N–H and O–H groups in total. The van der Waals surface area contributed by atoms with Crippen LogP contribution in [0, 0.1) is 6.92 Å². The van der Waals surface area contributed by atoms with Crippen LogP contribution in [-0.4, -0.2) is 29.6 Å². The van der Waals surface area contributed by atoms with Gasteiger partial charge in [0.2, 0.25) is 0 Å². The van der Waals surface area contributed by atoms with Gasteiger partial charge in [0.1, 0.15) is 5.57 Å². The number of anilines is 1. The third-order valence-electron chi connectivity index (χ3n) is 4.02. The number of phenolic OH excluding ortho intramolecular Hbond substituents is 1. The lowest BCUT2D eigenvalue weighted by molar-refractivity contribution is -0.122. The van der Waals surface area contributed by atoms with Gasteiger partial charge in [-0.1, -0.05) is 29.8 Å². The van der Waals surface area contributed by atoms with Crippen LogP contribution in [-0.2, 0) is 9.59 Å². The molecular weight excluding hydrogens is 348 g/mol. The van der Waals surface area contributed by atoms with E-state index < -0.39 is 17.8 Å². The number of barbiturate groups is 1. The molecule has 1 heterocycles. The van der Waals surface area contributed by atoms with Crippen molar-refractivity contribution in [3.05, 3.63) is 59.2 Å². The number of benzene rings is 2. The van der Waals surface area contributed by atoms with Crippen LogP contribution >= 0.6 is 0 Å². The highest BCUT2D eigenvalue weighted by Crippen LogP contribution is 2.32. The molecule has 0 atom stereocenters. The van der Waals surface area contributed by atoms with Gasteiger partial charge in [-0.2, -0.15) is 0 Å². The molecule has 3 rings (SSSR count). The van der Waals surface area contributed by atoms with Crippen molar-refractivity contribution in [1.29, 1.82) is 0 Å². The first kappa shape index (κ1) is 18.2. The van der Waals surface area contributed by atoms with E-state index in [-0.39, 0.29) is 22.6 Å². The van der Waals surface area contributed by atoms with E-state index in [2.05, 4.69) is 5.32 Å². The Kier molecular flexibility index (Phi) is 4.94. The van der Waals surface area contributed by atoms with Gasteiger partial charge >= 0.3 is 6.03 Å². The summed E-state index contributed by atoms with van der Waals surface area (Å²) in [6.07, 6.45) is 1.24. The monoisotopic (exact) mass is 366 g/mol. The number of amides is 4. The Hall–Kier alpha value is -3.61. The normalized spacial score (nSPS) is 15.9. The second-order valence-corrected chi connectivity index (χ2v) is 5.92. The molecule has 0 aliphatic carbocycles. The molecule has 0 saturated carbocycles. The minimum absolute atomic E-state index is 0.189. The smallest absolute Gasteiger partial charge is 0.335 e. The van der Waals surface area contributed by atoms with Crippen LogP contribution in [0.25, 0.3) is 6.08 Å². The number of aromatic hydroxyl groups is 1. The van der Waals surface area contributed by atoms with E-state index in [9.17, 15) is 19.5 Å². The molecule has 1 aliphatic rings. The molecular formula is C20H18N2O5. The van der Waals surface area contributed by atoms with E-state index in [1.807, 2.05) is 6.92 Å². The number of nitrogens with zero attached hydrogens (tertiary/aromatic N) is 1. The van der Waals surface area contributed by atoms with Crippen molar-refractivity contribution in [2.45, 2.75) is 13.8 Å². The lowest BCUT2D eigenvalue weighted by Gasteiger charge is -2.26. The van der Waals surface area contributed by atoms with Gasteiger partial charge in [-0.3, -0.25) is 14.9 Å². The Labute approximate surface area is 155 Å². The molecule has 0 unspecified atom stereocenters. The number of nitrogens with one attached hydrogen (secondary N) is 1. The predicted octanol–water partition coefficient (Wildman–Crippen LogP) is 2.77. The number of para-hydroxylation sites is 1. The second-order valence-electron chi connectivity index (χ2n) is 5.92. The molecule has 138 valence electrons. The minimum Gasteiger partial charge on any atom is -0.504 e. The first-order valence-corrected chi connectivity index (χ1v) is 8.35. The zero-order chi connectivity index (χ0) is 19.6. The molecule has 0 aromatic heterocycles. The van der Waals surface area contributed by atoms with Crippen molar-refractivity contribution < 1.29 is 24.2 Å². The lowest BCUT2D eigenvalue weighted by Crippen LogP contribution is -2.54. The molecule has 1 saturated heterocycles. The number of hydrogen-bond donors (Lipinski definition) is 2. The highest BCUT2D eigenvalue weighted by Gasteiger charge is 2.36. The van der Waals surface area contributed by atoms with Crippen LogP contribution in [0.2, 0.25) is 0 Å². The van der Waals surface area contributed by atoms with Crippen molar-refractivity contribution in [2.24, 2.45) is 0 Å². The van der Waals surface area contributed by atoms with Gasteiger partial charge in [-0.15, -0.1) is 0 Å². The Bertz CT molecular complexity index is 947. The van der Waals surface area contributed by atoms with Crippen molar-refractivity contribution in [3.63, 3.8) is 0 Å². The van der Waals surface area contributed by atoms with E-state index in [1.54, 1.807) is 43.3 Å². The summed E-state index contributed by atoms with van der Waals surface area (Å²) < 4.78 is 5.31. The molecule has 0 spiro atoms. The fraction of sp³-hybridized carbons (Fsp3) is 0.150. The zero-order valence-corrected chi connectivity index (χ0v) is 14.9. The number of hydrogen-bond acceptors (Lipinski definition) is 5. The van der Waals surface area contributed by atoms with E-state index in [0.29, 0.717) is 12.3 Å². The van der Waals surface area contributed by atoms with Crippen LogP contribution in [0.4, 0.5) is 10.5 Å². The summed E-state index contributed by atoms with van der Waals surface area (Å²) in [6.45, 7) is 4.00.